The third-order valence-corrected chi connectivity index (χ3v) is 4.92. The quantitative estimate of drug-likeness (QED) is 0.257. The number of halogens is 2. The normalized spacial score (nSPS) is 10.8. The van der Waals surface area contributed by atoms with E-state index in [4.69, 9.17) is 21.1 Å². The number of anilines is 3. The number of hydrogen-bond acceptors (Lipinski definition) is 8. The van der Waals surface area contributed by atoms with Crippen LogP contribution in [0.15, 0.2) is 48.9 Å². The highest BCUT2D eigenvalue weighted by Gasteiger charge is 2.13. The van der Waals surface area contributed by atoms with Gasteiger partial charge in [-0.15, -0.1) is 16.7 Å². The minimum atomic E-state index is -0.437. The molecule has 0 bridgehead atoms. The lowest BCUT2D eigenvalue weighted by Crippen LogP contribution is -2.19. The van der Waals surface area contributed by atoms with E-state index in [0.29, 0.717) is 58.6 Å². The van der Waals surface area contributed by atoms with Crippen molar-refractivity contribution in [2.45, 2.75) is 13.0 Å². The first kappa shape index (κ1) is 23.2. The smallest absolute Gasteiger partial charge is 0.246 e. The fraction of sp³-hybridized carbons (Fsp3) is 0.227. The van der Waals surface area contributed by atoms with Crippen molar-refractivity contribution in [3.63, 3.8) is 0 Å². The number of nitrogens with zero attached hydrogens (tertiary/aromatic N) is 5. The number of nitrogens with one attached hydrogen (secondary N) is 2. The first-order valence-electron chi connectivity index (χ1n) is 10.3. The first-order chi connectivity index (χ1) is 16.6. The highest BCUT2D eigenvalue weighted by Crippen LogP contribution is 2.34. The van der Waals surface area contributed by atoms with Crippen LogP contribution in [0.5, 0.6) is 11.5 Å². The monoisotopic (exact) mass is 485 g/mol. The van der Waals surface area contributed by atoms with Crippen LogP contribution in [0.25, 0.3) is 10.9 Å². The van der Waals surface area contributed by atoms with Gasteiger partial charge in [-0.3, -0.25) is 4.79 Å². The fourth-order valence-electron chi connectivity index (χ4n) is 3.14. The molecule has 0 radical (unpaired) electrons. The van der Waals surface area contributed by atoms with E-state index in [0.717, 1.165) is 0 Å². The van der Waals surface area contributed by atoms with Crippen molar-refractivity contribution in [2.75, 3.05) is 30.2 Å². The van der Waals surface area contributed by atoms with Crippen molar-refractivity contribution in [3.8, 4) is 11.5 Å². The highest BCUT2D eigenvalue weighted by atomic mass is 35.5. The van der Waals surface area contributed by atoms with Gasteiger partial charge in [0.15, 0.2) is 17.3 Å². The van der Waals surface area contributed by atoms with Crippen LogP contribution in [0.4, 0.5) is 21.7 Å². The van der Waals surface area contributed by atoms with E-state index in [-0.39, 0.29) is 12.5 Å². The van der Waals surface area contributed by atoms with Gasteiger partial charge in [0.2, 0.25) is 5.91 Å². The molecule has 0 aliphatic rings. The number of aromatic nitrogens is 5. The summed E-state index contributed by atoms with van der Waals surface area (Å²) in [7, 11) is 1.55. The van der Waals surface area contributed by atoms with Gasteiger partial charge in [-0.1, -0.05) is 11.3 Å². The molecule has 1 amide bonds. The summed E-state index contributed by atoms with van der Waals surface area (Å²) in [5.41, 5.74) is 0.997. The molecule has 0 spiro atoms. The van der Waals surface area contributed by atoms with Crippen LogP contribution >= 0.6 is 11.6 Å². The minimum absolute atomic E-state index is 0.105. The maximum absolute atomic E-state index is 13.3. The topological polar surface area (TPSA) is 116 Å². The third-order valence-electron chi connectivity index (χ3n) is 4.66. The standard InChI is InChI=1S/C22H21ClFN7O3/c1-33-18-9-16-17(10-19(18)34-7-3-6-23)25-13-26-22(16)28-20-11-31(30-29-20)12-21(32)27-15-5-2-4-14(24)8-15/h2,4-5,8-11,13H,3,6-7,12H2,1H3,(H,27,32)(H,25,26,28). The number of alkyl halides is 1. The number of carbonyl (C=O) groups is 1. The van der Waals surface area contributed by atoms with Gasteiger partial charge >= 0.3 is 0 Å². The van der Waals surface area contributed by atoms with Gasteiger partial charge in [0.25, 0.3) is 0 Å². The number of rotatable bonds is 10. The van der Waals surface area contributed by atoms with Crippen molar-refractivity contribution in [3.05, 3.63) is 54.7 Å². The molecule has 0 aliphatic heterocycles. The van der Waals surface area contributed by atoms with E-state index in [1.165, 1.54) is 29.2 Å². The van der Waals surface area contributed by atoms with Crippen LogP contribution in [-0.4, -0.2) is 50.5 Å². The summed E-state index contributed by atoms with van der Waals surface area (Å²) in [5.74, 6) is 1.62. The third kappa shape index (κ3) is 5.67. The Morgan fingerprint density at radius 1 is 1.21 bits per heavy atom. The zero-order valence-corrected chi connectivity index (χ0v) is 18.9. The Kier molecular flexibility index (Phi) is 7.33. The number of ether oxygens (including phenoxy) is 2. The lowest BCUT2D eigenvalue weighted by atomic mass is 10.2. The average molecular weight is 486 g/mol. The first-order valence-corrected chi connectivity index (χ1v) is 10.8. The van der Waals surface area contributed by atoms with Crippen molar-refractivity contribution in [2.24, 2.45) is 0 Å². The zero-order valence-electron chi connectivity index (χ0n) is 18.2. The van der Waals surface area contributed by atoms with Crippen LogP contribution in [0.1, 0.15) is 6.42 Å². The molecule has 10 nitrogen and oxygen atoms in total. The second kappa shape index (κ2) is 10.8. The highest BCUT2D eigenvalue weighted by molar-refractivity contribution is 6.17. The Labute approximate surface area is 199 Å². The fourth-order valence-corrected chi connectivity index (χ4v) is 3.25. The molecule has 2 heterocycles. The summed E-state index contributed by atoms with van der Waals surface area (Å²) < 4.78 is 25.8. The Bertz CT molecular complexity index is 1300. The number of benzene rings is 2. The lowest BCUT2D eigenvalue weighted by molar-refractivity contribution is -0.116. The second-order valence-corrected chi connectivity index (χ2v) is 7.50. The van der Waals surface area contributed by atoms with Gasteiger partial charge in [-0.2, -0.15) is 0 Å². The molecule has 4 aromatic rings. The molecule has 2 aromatic heterocycles. The predicted molar refractivity (Wildman–Crippen MR) is 125 cm³/mol. The van der Waals surface area contributed by atoms with Crippen molar-refractivity contribution in [1.29, 1.82) is 0 Å². The maximum Gasteiger partial charge on any atom is 0.246 e. The SMILES string of the molecule is COc1cc2c(Nc3cn(CC(=O)Nc4cccc(F)c4)nn3)ncnc2cc1OCCCCl. The van der Waals surface area contributed by atoms with Crippen LogP contribution in [0.2, 0.25) is 0 Å². The molecule has 0 saturated carbocycles. The van der Waals surface area contributed by atoms with Crippen LogP contribution in [0.3, 0.4) is 0 Å². The Hall–Kier alpha value is -3.99. The molecule has 176 valence electrons. The molecule has 0 atom stereocenters. The van der Waals surface area contributed by atoms with Crippen molar-refractivity contribution < 1.29 is 18.7 Å². The number of amides is 1. The summed E-state index contributed by atoms with van der Waals surface area (Å²) in [6.45, 7) is 0.351. The number of carbonyl (C=O) groups excluding carboxylic acids is 1. The summed E-state index contributed by atoms with van der Waals surface area (Å²) in [6.07, 6.45) is 3.67. The molecule has 0 aliphatic carbocycles. The zero-order chi connectivity index (χ0) is 23.9. The number of fused-ring (bicyclic) bond motifs is 1. The summed E-state index contributed by atoms with van der Waals surface area (Å²) >= 11 is 5.72. The second-order valence-electron chi connectivity index (χ2n) is 7.12. The van der Waals surface area contributed by atoms with E-state index in [1.54, 1.807) is 31.5 Å². The van der Waals surface area contributed by atoms with E-state index in [1.807, 2.05) is 0 Å². The average Bonchev–Trinajstić information content (AvgIpc) is 3.25. The van der Waals surface area contributed by atoms with Crippen LogP contribution < -0.4 is 20.1 Å². The van der Waals surface area contributed by atoms with E-state index >= 15 is 0 Å². The van der Waals surface area contributed by atoms with E-state index in [9.17, 15) is 9.18 Å². The van der Waals surface area contributed by atoms with Gasteiger partial charge in [-0.25, -0.2) is 19.0 Å². The largest absolute Gasteiger partial charge is 0.493 e. The number of methoxy groups -OCH3 is 1. The predicted octanol–water partition coefficient (Wildman–Crippen LogP) is 3.76. The molecule has 0 saturated heterocycles. The lowest BCUT2D eigenvalue weighted by Gasteiger charge is -2.13. The molecule has 12 heteroatoms. The van der Waals surface area contributed by atoms with Gasteiger partial charge < -0.3 is 20.1 Å². The molecular formula is C22H21ClFN7O3. The molecule has 4 rings (SSSR count). The van der Waals surface area contributed by atoms with E-state index in [2.05, 4.69) is 30.9 Å². The molecule has 2 N–H and O–H groups in total. The summed E-state index contributed by atoms with van der Waals surface area (Å²) in [4.78, 5) is 20.8. The van der Waals surface area contributed by atoms with Crippen LogP contribution in [-0.2, 0) is 11.3 Å². The summed E-state index contributed by atoms with van der Waals surface area (Å²) in [5, 5.41) is 14.4. The molecule has 0 unspecified atom stereocenters. The van der Waals surface area contributed by atoms with Crippen molar-refractivity contribution >= 4 is 45.7 Å². The Morgan fingerprint density at radius 3 is 2.88 bits per heavy atom. The van der Waals surface area contributed by atoms with Crippen LogP contribution in [0, 0.1) is 5.82 Å². The van der Waals surface area contributed by atoms with Gasteiger partial charge in [0.05, 0.1) is 25.4 Å². The van der Waals surface area contributed by atoms with Gasteiger partial charge in [-0.05, 0) is 30.7 Å². The molecular weight excluding hydrogens is 465 g/mol. The Morgan fingerprint density at radius 2 is 2.09 bits per heavy atom. The minimum Gasteiger partial charge on any atom is -0.493 e. The van der Waals surface area contributed by atoms with Crippen molar-refractivity contribution in [1.82, 2.24) is 25.0 Å². The Balaban J connectivity index is 1.48. The maximum atomic E-state index is 13.3. The van der Waals surface area contributed by atoms with Gasteiger partial charge in [0, 0.05) is 23.0 Å². The molecule has 2 aromatic carbocycles. The number of hydrogen-bond donors (Lipinski definition) is 2. The summed E-state index contributed by atoms with van der Waals surface area (Å²) in [6, 6.07) is 9.17. The molecule has 0 fully saturated rings. The van der Waals surface area contributed by atoms with E-state index < -0.39 is 5.82 Å². The molecule has 34 heavy (non-hydrogen) atoms. The van der Waals surface area contributed by atoms with Gasteiger partial charge in [0.1, 0.15) is 24.5 Å².